The van der Waals surface area contributed by atoms with Crippen LogP contribution in [0.5, 0.6) is 0 Å². The van der Waals surface area contributed by atoms with Gasteiger partial charge in [0, 0.05) is 46.6 Å². The van der Waals surface area contributed by atoms with E-state index in [0.29, 0.717) is 50.4 Å². The lowest BCUT2D eigenvalue weighted by Gasteiger charge is -2.06. The van der Waals surface area contributed by atoms with E-state index < -0.39 is 24.4 Å². The van der Waals surface area contributed by atoms with Crippen molar-refractivity contribution in [3.63, 3.8) is 0 Å². The van der Waals surface area contributed by atoms with Gasteiger partial charge in [0.15, 0.2) is 0 Å². The van der Waals surface area contributed by atoms with Crippen LogP contribution in [0.4, 0.5) is 0 Å². The fourth-order valence-electron chi connectivity index (χ4n) is 5.05. The molecule has 0 saturated carbocycles. The Labute approximate surface area is 255 Å². The van der Waals surface area contributed by atoms with Crippen molar-refractivity contribution in [2.45, 2.75) is 53.4 Å². The van der Waals surface area contributed by atoms with E-state index in [1.165, 1.54) is 6.08 Å². The zero-order valence-electron chi connectivity index (χ0n) is 28.2. The maximum atomic E-state index is 12.6. The Kier molecular flexibility index (Phi) is 7.29. The summed E-state index contributed by atoms with van der Waals surface area (Å²) in [6, 6.07) is -0.184. The van der Waals surface area contributed by atoms with Crippen molar-refractivity contribution >= 4 is 41.6 Å². The SMILES string of the molecule is [2H]C([2H])=CC1=C(C)C(=C([2H])c2[nH]c(/C=C3N=C(/C([2H])=C4\NC(=O)C(C)=C4C=C)C(C)=C\3CCC(=O)O)c(CCC(=O)O)c2C)NC1=O. The van der Waals surface area contributed by atoms with E-state index in [9.17, 15) is 29.4 Å². The quantitative estimate of drug-likeness (QED) is 0.250. The van der Waals surface area contributed by atoms with Gasteiger partial charge >= 0.3 is 11.9 Å². The third-order valence-corrected chi connectivity index (χ3v) is 7.58. The highest BCUT2D eigenvalue weighted by Gasteiger charge is 2.27. The Morgan fingerprint density at radius 2 is 1.56 bits per heavy atom. The summed E-state index contributed by atoms with van der Waals surface area (Å²) in [5.74, 6) is -3.01. The van der Waals surface area contributed by atoms with Crippen molar-refractivity contribution < 1.29 is 34.9 Å². The Bertz CT molecular complexity index is 1910. The summed E-state index contributed by atoms with van der Waals surface area (Å²) in [4.78, 5) is 55.9. The molecule has 43 heavy (non-hydrogen) atoms. The van der Waals surface area contributed by atoms with Crippen LogP contribution >= 0.6 is 0 Å². The van der Waals surface area contributed by atoms with Crippen LogP contribution in [0.15, 0.2) is 86.8 Å². The minimum atomic E-state index is -1.04. The number of rotatable bonds is 11. The number of carbonyl (C=O) groups is 4. The van der Waals surface area contributed by atoms with Crippen LogP contribution in [0.2, 0.25) is 0 Å². The standard InChI is InChI=1S/C33H34N4O6/c1-7-20-19(6)32(42)37-27(20)14-25-18(5)23(10-12-31(40)41)29(35-25)15-28-22(9-11-30(38)39)17(4)24(34-28)13-26-16(3)21(8-2)33(43)36-26/h7-8,13-15,34H,1-2,9-12H2,3-6H3,(H,36,43)(H,37,42)(H,38,39)(H,40,41)/b26-13?,27-14-,29-15-/i2D2,13D,14D. The summed E-state index contributed by atoms with van der Waals surface area (Å²) in [5.41, 5.74) is 5.13. The maximum Gasteiger partial charge on any atom is 0.303 e. The third-order valence-electron chi connectivity index (χ3n) is 7.58. The monoisotopic (exact) mass is 586 g/mol. The molecule has 1 aromatic heterocycles. The molecule has 4 heterocycles. The normalized spacial score (nSPS) is 21.3. The molecule has 10 heteroatoms. The maximum absolute atomic E-state index is 12.6. The fourth-order valence-corrected chi connectivity index (χ4v) is 5.05. The number of nitrogens with zero attached hydrogens (tertiary/aromatic N) is 1. The van der Waals surface area contributed by atoms with Crippen molar-refractivity contribution in [3.05, 3.63) is 104 Å². The van der Waals surface area contributed by atoms with Crippen LogP contribution in [0.25, 0.3) is 12.1 Å². The Morgan fingerprint density at radius 3 is 2.21 bits per heavy atom. The predicted octanol–water partition coefficient (Wildman–Crippen LogP) is 4.81. The van der Waals surface area contributed by atoms with Gasteiger partial charge in [-0.3, -0.25) is 19.2 Å². The first-order chi connectivity index (χ1) is 22.1. The largest absolute Gasteiger partial charge is 0.481 e. The molecule has 1 aromatic rings. The van der Waals surface area contributed by atoms with Crippen LogP contribution in [-0.2, 0) is 25.6 Å². The second-order valence-electron chi connectivity index (χ2n) is 10.2. The zero-order valence-corrected chi connectivity index (χ0v) is 24.2. The van der Waals surface area contributed by atoms with E-state index in [1.54, 1.807) is 33.8 Å². The van der Waals surface area contributed by atoms with Gasteiger partial charge in [-0.05, 0) is 86.6 Å². The van der Waals surface area contributed by atoms with Crippen molar-refractivity contribution in [2.75, 3.05) is 0 Å². The number of hydrogen-bond acceptors (Lipinski definition) is 5. The van der Waals surface area contributed by atoms with Crippen LogP contribution in [0.3, 0.4) is 0 Å². The summed E-state index contributed by atoms with van der Waals surface area (Å²) in [6.07, 6.45) is 3.87. The third kappa shape index (κ3) is 6.18. The van der Waals surface area contributed by atoms with E-state index in [2.05, 4.69) is 22.2 Å². The number of aromatic nitrogens is 1. The molecule has 4 rings (SSSR count). The molecule has 3 aliphatic heterocycles. The van der Waals surface area contributed by atoms with Crippen molar-refractivity contribution in [1.29, 1.82) is 0 Å². The average molecular weight is 587 g/mol. The van der Waals surface area contributed by atoms with Crippen molar-refractivity contribution in [3.8, 4) is 0 Å². The molecule has 0 bridgehead atoms. The number of aromatic amines is 1. The molecular weight excluding hydrogens is 548 g/mol. The first-order valence-corrected chi connectivity index (χ1v) is 13.5. The molecule has 5 N–H and O–H groups in total. The van der Waals surface area contributed by atoms with Crippen LogP contribution in [0.1, 0.15) is 68.0 Å². The molecule has 222 valence electrons. The van der Waals surface area contributed by atoms with E-state index in [1.807, 2.05) is 0 Å². The van der Waals surface area contributed by atoms with Crippen molar-refractivity contribution in [1.82, 2.24) is 15.6 Å². The molecule has 3 aliphatic rings. The first-order valence-electron chi connectivity index (χ1n) is 15.5. The number of carboxylic acid groups (broad SMARTS) is 2. The number of amides is 2. The number of carbonyl (C=O) groups excluding carboxylic acids is 2. The van der Waals surface area contributed by atoms with Gasteiger partial charge < -0.3 is 25.8 Å². The van der Waals surface area contributed by atoms with Gasteiger partial charge in [-0.2, -0.15) is 0 Å². The number of nitrogens with one attached hydrogen (secondary N) is 3. The van der Waals surface area contributed by atoms with Crippen molar-refractivity contribution in [2.24, 2.45) is 4.99 Å². The lowest BCUT2D eigenvalue weighted by atomic mass is 9.98. The molecule has 0 atom stereocenters. The van der Waals surface area contributed by atoms with Gasteiger partial charge in [0.05, 0.1) is 22.6 Å². The Morgan fingerprint density at radius 1 is 0.884 bits per heavy atom. The molecule has 0 aliphatic carbocycles. The van der Waals surface area contributed by atoms with E-state index in [0.717, 1.165) is 6.08 Å². The number of aliphatic carboxylic acids is 2. The Hall–Kier alpha value is -5.25. The minimum absolute atomic E-state index is 0.0726. The molecule has 0 aromatic carbocycles. The molecule has 0 saturated heterocycles. The molecule has 0 fully saturated rings. The number of allylic oxidation sites excluding steroid dienone is 5. The number of hydrogen-bond donors (Lipinski definition) is 5. The first kappa shape index (κ1) is 25.5. The summed E-state index contributed by atoms with van der Waals surface area (Å²) >= 11 is 0. The second-order valence-corrected chi connectivity index (χ2v) is 10.2. The van der Waals surface area contributed by atoms with Gasteiger partial charge in [0.1, 0.15) is 0 Å². The number of H-pyrrole nitrogens is 1. The molecular formula is C33H34N4O6. The van der Waals surface area contributed by atoms with E-state index in [-0.39, 0.29) is 72.1 Å². The van der Waals surface area contributed by atoms with Crippen LogP contribution < -0.4 is 10.6 Å². The van der Waals surface area contributed by atoms with Gasteiger partial charge in [-0.25, -0.2) is 4.99 Å². The topological polar surface area (TPSA) is 161 Å². The molecule has 0 unspecified atom stereocenters. The number of aliphatic imine (C=N–C) groups is 1. The second kappa shape index (κ2) is 12.3. The van der Waals surface area contributed by atoms with E-state index in [4.69, 9.17) is 10.5 Å². The molecule has 10 nitrogen and oxygen atoms in total. The summed E-state index contributed by atoms with van der Waals surface area (Å²) < 4.78 is 32.7. The highest BCUT2D eigenvalue weighted by atomic mass is 16.4. The smallest absolute Gasteiger partial charge is 0.303 e. The highest BCUT2D eigenvalue weighted by molar-refractivity contribution is 6.14. The van der Waals surface area contributed by atoms with Gasteiger partial charge in [0.25, 0.3) is 11.8 Å². The minimum Gasteiger partial charge on any atom is -0.481 e. The van der Waals surface area contributed by atoms with Gasteiger partial charge in [-0.15, -0.1) is 0 Å². The summed E-state index contributed by atoms with van der Waals surface area (Å²) in [5, 5.41) is 24.2. The lowest BCUT2D eigenvalue weighted by Crippen LogP contribution is -2.16. The molecule has 0 spiro atoms. The molecule has 0 radical (unpaired) electrons. The lowest BCUT2D eigenvalue weighted by molar-refractivity contribution is -0.138. The molecule has 2 amide bonds. The fraction of sp³-hybridized carbons (Fsp3) is 0.242. The highest BCUT2D eigenvalue weighted by Crippen LogP contribution is 2.35. The number of carboxylic acids is 2. The van der Waals surface area contributed by atoms with E-state index >= 15 is 0 Å². The summed E-state index contributed by atoms with van der Waals surface area (Å²) in [7, 11) is 0. The average Bonchev–Trinajstić information content (AvgIpc) is 3.67. The summed E-state index contributed by atoms with van der Waals surface area (Å²) in [6.45, 7) is 9.80. The Balaban J connectivity index is 1.92. The zero-order chi connectivity index (χ0) is 34.9. The predicted molar refractivity (Wildman–Crippen MR) is 165 cm³/mol. The van der Waals surface area contributed by atoms with Gasteiger partial charge in [0.2, 0.25) is 0 Å². The van der Waals surface area contributed by atoms with Crippen LogP contribution in [0, 0.1) is 6.92 Å². The van der Waals surface area contributed by atoms with Crippen LogP contribution in [-0.4, -0.2) is 44.7 Å². The van der Waals surface area contributed by atoms with Gasteiger partial charge in [-0.1, -0.05) is 25.3 Å².